The van der Waals surface area contributed by atoms with E-state index in [0.29, 0.717) is 31.7 Å². The second-order valence-electron chi connectivity index (χ2n) is 8.89. The Morgan fingerprint density at radius 2 is 2.08 bits per heavy atom. The molecule has 3 atom stereocenters. The SMILES string of the molecule is C=CCOC(=O)C(C#N)CC1SC(CCNc2cccc(NC(=O)CN(C)C(C)C)c2)C(=O)N1CC. The van der Waals surface area contributed by atoms with Gasteiger partial charge in [-0.1, -0.05) is 18.7 Å². The number of ether oxygens (including phenoxy) is 1. The zero-order valence-electron chi connectivity index (χ0n) is 21.5. The lowest BCUT2D eigenvalue weighted by Gasteiger charge is -2.23. The molecule has 36 heavy (non-hydrogen) atoms. The molecule has 2 amide bonds. The summed E-state index contributed by atoms with van der Waals surface area (Å²) in [5.74, 6) is -1.58. The monoisotopic (exact) mass is 515 g/mol. The van der Waals surface area contributed by atoms with Crippen molar-refractivity contribution in [3.8, 4) is 6.07 Å². The molecule has 1 fully saturated rings. The van der Waals surface area contributed by atoms with Crippen LogP contribution in [0.2, 0.25) is 0 Å². The molecule has 0 saturated carbocycles. The van der Waals surface area contributed by atoms with Gasteiger partial charge in [0.1, 0.15) is 12.5 Å². The fourth-order valence-corrected chi connectivity index (χ4v) is 5.28. The zero-order chi connectivity index (χ0) is 26.7. The van der Waals surface area contributed by atoms with E-state index in [4.69, 9.17) is 4.74 Å². The molecule has 10 heteroatoms. The lowest BCUT2D eigenvalue weighted by atomic mass is 10.1. The maximum Gasteiger partial charge on any atom is 0.323 e. The first-order chi connectivity index (χ1) is 17.2. The van der Waals surface area contributed by atoms with Crippen molar-refractivity contribution in [3.05, 3.63) is 36.9 Å². The first-order valence-corrected chi connectivity index (χ1v) is 13.1. The van der Waals surface area contributed by atoms with E-state index >= 15 is 0 Å². The van der Waals surface area contributed by atoms with Crippen LogP contribution in [0.4, 0.5) is 11.4 Å². The number of benzene rings is 1. The van der Waals surface area contributed by atoms with Crippen LogP contribution in [0.5, 0.6) is 0 Å². The van der Waals surface area contributed by atoms with E-state index in [-0.39, 0.29) is 41.5 Å². The molecule has 1 saturated heterocycles. The maximum absolute atomic E-state index is 12.9. The third-order valence-electron chi connectivity index (χ3n) is 5.95. The number of amides is 2. The summed E-state index contributed by atoms with van der Waals surface area (Å²) in [6.07, 6.45) is 2.27. The molecule has 0 radical (unpaired) electrons. The molecule has 0 bridgehead atoms. The molecular formula is C26H37N5O4S. The van der Waals surface area contributed by atoms with Crippen molar-refractivity contribution in [3.63, 3.8) is 0 Å². The summed E-state index contributed by atoms with van der Waals surface area (Å²) in [5, 5.41) is 15.2. The lowest BCUT2D eigenvalue weighted by molar-refractivity contribution is -0.146. The van der Waals surface area contributed by atoms with Gasteiger partial charge in [0.15, 0.2) is 0 Å². The maximum atomic E-state index is 12.9. The van der Waals surface area contributed by atoms with Gasteiger partial charge >= 0.3 is 5.97 Å². The van der Waals surface area contributed by atoms with Crippen LogP contribution >= 0.6 is 11.8 Å². The fraction of sp³-hybridized carbons (Fsp3) is 0.538. The van der Waals surface area contributed by atoms with E-state index in [1.165, 1.54) is 17.8 Å². The number of carbonyl (C=O) groups is 3. The number of thioether (sulfide) groups is 1. The minimum Gasteiger partial charge on any atom is -0.460 e. The van der Waals surface area contributed by atoms with E-state index in [9.17, 15) is 19.6 Å². The van der Waals surface area contributed by atoms with Crippen molar-refractivity contribution in [1.29, 1.82) is 5.26 Å². The number of nitrogens with one attached hydrogen (secondary N) is 2. The van der Waals surface area contributed by atoms with E-state index in [1.807, 2.05) is 63.1 Å². The van der Waals surface area contributed by atoms with Gasteiger partial charge in [-0.05, 0) is 52.4 Å². The van der Waals surface area contributed by atoms with Crippen LogP contribution in [-0.4, -0.2) is 77.5 Å². The van der Waals surface area contributed by atoms with Gasteiger partial charge in [-0.2, -0.15) is 5.26 Å². The average Bonchev–Trinajstić information content (AvgIpc) is 3.14. The van der Waals surface area contributed by atoms with Crippen molar-refractivity contribution in [2.75, 3.05) is 43.9 Å². The minimum absolute atomic E-state index is 0.0146. The van der Waals surface area contributed by atoms with E-state index < -0.39 is 11.9 Å². The number of esters is 1. The van der Waals surface area contributed by atoms with Gasteiger partial charge in [-0.15, -0.1) is 11.8 Å². The Hall–Kier alpha value is -3.03. The van der Waals surface area contributed by atoms with Crippen LogP contribution in [-0.2, 0) is 19.1 Å². The van der Waals surface area contributed by atoms with Gasteiger partial charge in [-0.3, -0.25) is 19.3 Å². The highest BCUT2D eigenvalue weighted by molar-refractivity contribution is 8.01. The Kier molecular flexibility index (Phi) is 11.8. The Labute approximate surface area is 218 Å². The number of rotatable bonds is 14. The molecule has 1 heterocycles. The van der Waals surface area contributed by atoms with Gasteiger partial charge in [0.2, 0.25) is 11.8 Å². The van der Waals surface area contributed by atoms with Crippen molar-refractivity contribution >= 4 is 40.9 Å². The fourth-order valence-electron chi connectivity index (χ4n) is 3.69. The summed E-state index contributed by atoms with van der Waals surface area (Å²) >= 11 is 1.49. The summed E-state index contributed by atoms with van der Waals surface area (Å²) in [6, 6.07) is 9.76. The number of hydrogen-bond acceptors (Lipinski definition) is 8. The molecule has 0 aliphatic carbocycles. The molecule has 196 valence electrons. The topological polar surface area (TPSA) is 115 Å². The van der Waals surface area contributed by atoms with Crippen LogP contribution in [0.25, 0.3) is 0 Å². The summed E-state index contributed by atoms with van der Waals surface area (Å²) in [5.41, 5.74) is 1.55. The minimum atomic E-state index is -0.931. The molecule has 1 aromatic carbocycles. The van der Waals surface area contributed by atoms with Crippen LogP contribution in [0.1, 0.15) is 33.6 Å². The van der Waals surface area contributed by atoms with Crippen molar-refractivity contribution in [1.82, 2.24) is 9.80 Å². The number of nitrogens with zero attached hydrogens (tertiary/aromatic N) is 3. The van der Waals surface area contributed by atoms with Gasteiger partial charge in [0.25, 0.3) is 0 Å². The summed E-state index contributed by atoms with van der Waals surface area (Å²) < 4.78 is 5.02. The summed E-state index contributed by atoms with van der Waals surface area (Å²) in [6.45, 7) is 10.9. The van der Waals surface area contributed by atoms with Gasteiger partial charge in [-0.25, -0.2) is 0 Å². The summed E-state index contributed by atoms with van der Waals surface area (Å²) in [7, 11) is 1.91. The number of hydrogen-bond donors (Lipinski definition) is 2. The standard InChI is InChI=1S/C26H37N5O4S/c1-6-13-35-26(34)19(16-27)14-24-31(7-2)25(33)22(36-24)11-12-28-20-9-8-10-21(15-20)29-23(32)17-30(5)18(3)4/h6,8-10,15,18-19,22,24,28H,1,7,11-14,17H2,2-5H3,(H,29,32). The zero-order valence-corrected chi connectivity index (χ0v) is 22.3. The highest BCUT2D eigenvalue weighted by atomic mass is 32.2. The van der Waals surface area contributed by atoms with Crippen LogP contribution in [0.3, 0.4) is 0 Å². The van der Waals surface area contributed by atoms with Crippen LogP contribution in [0.15, 0.2) is 36.9 Å². The van der Waals surface area contributed by atoms with Gasteiger partial charge < -0.3 is 20.3 Å². The van der Waals surface area contributed by atoms with Crippen molar-refractivity contribution in [2.24, 2.45) is 5.92 Å². The number of likely N-dealkylation sites (N-methyl/N-ethyl adjacent to an activating group) is 1. The first-order valence-electron chi connectivity index (χ1n) is 12.2. The van der Waals surface area contributed by atoms with Crippen LogP contribution < -0.4 is 10.6 Å². The highest BCUT2D eigenvalue weighted by Gasteiger charge is 2.41. The number of carbonyl (C=O) groups excluding carboxylic acids is 3. The molecule has 1 aromatic rings. The molecule has 0 spiro atoms. The van der Waals surface area contributed by atoms with Crippen LogP contribution in [0, 0.1) is 17.2 Å². The van der Waals surface area contributed by atoms with Gasteiger partial charge in [0, 0.05) is 36.9 Å². The second kappa shape index (κ2) is 14.5. The first kappa shape index (κ1) is 29.2. The average molecular weight is 516 g/mol. The molecule has 1 aliphatic rings. The molecule has 3 unspecified atom stereocenters. The Balaban J connectivity index is 1.90. The third kappa shape index (κ3) is 8.57. The number of nitriles is 1. The third-order valence-corrected chi connectivity index (χ3v) is 7.47. The largest absolute Gasteiger partial charge is 0.460 e. The second-order valence-corrected chi connectivity index (χ2v) is 10.3. The lowest BCUT2D eigenvalue weighted by Crippen LogP contribution is -2.36. The Morgan fingerprint density at radius 3 is 2.72 bits per heavy atom. The molecule has 2 N–H and O–H groups in total. The summed E-state index contributed by atoms with van der Waals surface area (Å²) in [4.78, 5) is 41.0. The molecule has 1 aliphatic heterocycles. The predicted octanol–water partition coefficient (Wildman–Crippen LogP) is 3.32. The van der Waals surface area contributed by atoms with Gasteiger partial charge in [0.05, 0.1) is 23.2 Å². The Bertz CT molecular complexity index is 964. The Morgan fingerprint density at radius 1 is 1.36 bits per heavy atom. The smallest absolute Gasteiger partial charge is 0.323 e. The molecular weight excluding hydrogens is 478 g/mol. The van der Waals surface area contributed by atoms with Crippen molar-refractivity contribution in [2.45, 2.75) is 50.3 Å². The quantitative estimate of drug-likeness (QED) is 0.286. The van der Waals surface area contributed by atoms with Crippen molar-refractivity contribution < 1.29 is 19.1 Å². The van der Waals surface area contributed by atoms with E-state index in [0.717, 1.165) is 5.69 Å². The normalized spacial score (nSPS) is 18.1. The van der Waals surface area contributed by atoms with E-state index in [1.54, 1.807) is 4.90 Å². The highest BCUT2D eigenvalue weighted by Crippen LogP contribution is 2.37. The molecule has 9 nitrogen and oxygen atoms in total. The number of anilines is 2. The molecule has 0 aromatic heterocycles. The predicted molar refractivity (Wildman–Crippen MR) is 143 cm³/mol. The molecule has 2 rings (SSSR count). The van der Waals surface area contributed by atoms with E-state index in [2.05, 4.69) is 17.2 Å².